The summed E-state index contributed by atoms with van der Waals surface area (Å²) in [4.78, 5) is 17.5. The van der Waals surface area contributed by atoms with Gasteiger partial charge in [-0.3, -0.25) is 0 Å². The lowest BCUT2D eigenvalue weighted by atomic mass is 9.86. The molecule has 4 nitrogen and oxygen atoms in total. The number of thiophene rings is 1. The van der Waals surface area contributed by atoms with Crippen molar-refractivity contribution in [1.29, 1.82) is 0 Å². The molecule has 50 heavy (non-hydrogen) atoms. The third-order valence-corrected chi connectivity index (χ3v) is 11.0. The highest BCUT2D eigenvalue weighted by Crippen LogP contribution is 2.53. The van der Waals surface area contributed by atoms with Crippen molar-refractivity contribution in [3.63, 3.8) is 0 Å². The monoisotopic (exact) mass is 658 g/mol. The zero-order valence-electron chi connectivity index (χ0n) is 27.1. The van der Waals surface area contributed by atoms with E-state index in [1.807, 2.05) is 47.7 Å². The van der Waals surface area contributed by atoms with Crippen molar-refractivity contribution < 1.29 is 0 Å². The zero-order valence-corrected chi connectivity index (χ0v) is 27.9. The number of nitrogens with zero attached hydrogens (tertiary/aromatic N) is 4. The molecular formula is C45H30N4S. The maximum atomic E-state index is 5.07. The van der Waals surface area contributed by atoms with Crippen LogP contribution in [0.4, 0.5) is 11.4 Å². The molecule has 0 N–H and O–H groups in total. The molecule has 0 saturated heterocycles. The van der Waals surface area contributed by atoms with Crippen LogP contribution in [0, 0.1) is 0 Å². The maximum Gasteiger partial charge on any atom is 0.165 e. The van der Waals surface area contributed by atoms with Crippen molar-refractivity contribution in [2.75, 3.05) is 4.90 Å². The molecule has 0 bridgehead atoms. The van der Waals surface area contributed by atoms with Crippen LogP contribution in [0.25, 0.3) is 59.9 Å². The minimum atomic E-state index is 0.317. The van der Waals surface area contributed by atoms with Crippen molar-refractivity contribution in [2.45, 2.75) is 12.3 Å². The number of para-hydroxylation sites is 2. The number of allylic oxidation sites excluding steroid dienone is 4. The number of benzene rings is 6. The van der Waals surface area contributed by atoms with Crippen molar-refractivity contribution in [1.82, 2.24) is 15.0 Å². The lowest BCUT2D eigenvalue weighted by molar-refractivity contribution is 0.824. The predicted octanol–water partition coefficient (Wildman–Crippen LogP) is 11.8. The van der Waals surface area contributed by atoms with Gasteiger partial charge in [0.15, 0.2) is 17.5 Å². The number of hydrogen-bond acceptors (Lipinski definition) is 5. The van der Waals surface area contributed by atoms with Gasteiger partial charge in [0, 0.05) is 65.4 Å². The molecular weight excluding hydrogens is 629 g/mol. The molecule has 0 fully saturated rings. The minimum absolute atomic E-state index is 0.317. The molecule has 1 unspecified atom stereocenters. The van der Waals surface area contributed by atoms with Crippen LogP contribution in [0.5, 0.6) is 0 Å². The summed E-state index contributed by atoms with van der Waals surface area (Å²) in [5, 5.41) is 2.46. The number of anilines is 2. The van der Waals surface area contributed by atoms with E-state index in [0.29, 0.717) is 23.4 Å². The highest BCUT2D eigenvalue weighted by atomic mass is 32.1. The van der Waals surface area contributed by atoms with Crippen LogP contribution < -0.4 is 4.90 Å². The first-order chi connectivity index (χ1) is 24.8. The van der Waals surface area contributed by atoms with Gasteiger partial charge in [-0.2, -0.15) is 0 Å². The van der Waals surface area contributed by atoms with Gasteiger partial charge in [0.05, 0.1) is 0 Å². The molecule has 1 aliphatic carbocycles. The summed E-state index contributed by atoms with van der Waals surface area (Å²) in [7, 11) is 0. The molecule has 2 aliphatic rings. The fourth-order valence-corrected chi connectivity index (χ4v) is 8.79. The molecule has 10 rings (SSSR count). The van der Waals surface area contributed by atoms with E-state index in [2.05, 4.69) is 132 Å². The fraction of sp³-hybridized carbons (Fsp3) is 0.0444. The van der Waals surface area contributed by atoms with Crippen LogP contribution >= 0.6 is 11.3 Å². The zero-order chi connectivity index (χ0) is 33.0. The highest BCUT2D eigenvalue weighted by Gasteiger charge is 2.37. The third kappa shape index (κ3) is 4.70. The molecule has 1 aliphatic heterocycles. The Morgan fingerprint density at radius 3 is 1.96 bits per heavy atom. The molecule has 0 radical (unpaired) electrons. The van der Waals surface area contributed by atoms with Crippen LogP contribution in [0.2, 0.25) is 0 Å². The van der Waals surface area contributed by atoms with Gasteiger partial charge in [-0.05, 0) is 47.9 Å². The molecule has 6 aromatic carbocycles. The summed E-state index contributed by atoms with van der Waals surface area (Å²) < 4.78 is 2.42. The third-order valence-electron chi connectivity index (χ3n) is 9.82. The number of rotatable bonds is 5. The summed E-state index contributed by atoms with van der Waals surface area (Å²) in [6, 6.07) is 53.4. The summed E-state index contributed by atoms with van der Waals surface area (Å²) >= 11 is 1.81. The average Bonchev–Trinajstić information content (AvgIpc) is 3.74. The van der Waals surface area contributed by atoms with E-state index in [9.17, 15) is 0 Å². The minimum Gasteiger partial charge on any atom is -0.313 e. The van der Waals surface area contributed by atoms with Gasteiger partial charge in [-0.15, -0.1) is 11.3 Å². The Labute approximate surface area is 294 Å². The Morgan fingerprint density at radius 2 is 1.22 bits per heavy atom. The van der Waals surface area contributed by atoms with Crippen LogP contribution in [-0.2, 0) is 0 Å². The number of hydrogen-bond donors (Lipinski definition) is 0. The van der Waals surface area contributed by atoms with E-state index in [1.165, 1.54) is 53.9 Å². The second-order valence-electron chi connectivity index (χ2n) is 12.8. The van der Waals surface area contributed by atoms with Crippen LogP contribution in [0.3, 0.4) is 0 Å². The molecule has 2 aromatic heterocycles. The molecule has 5 heteroatoms. The second-order valence-corrected chi connectivity index (χ2v) is 13.8. The Morgan fingerprint density at radius 1 is 0.560 bits per heavy atom. The Balaban J connectivity index is 1.14. The Bertz CT molecular complexity index is 2570. The van der Waals surface area contributed by atoms with E-state index in [-0.39, 0.29) is 0 Å². The van der Waals surface area contributed by atoms with Gasteiger partial charge in [0.2, 0.25) is 0 Å². The molecule has 3 heterocycles. The van der Waals surface area contributed by atoms with Crippen LogP contribution in [0.15, 0.2) is 170 Å². The SMILES string of the molecule is C1=CC(c2ccc3c(c2)sc2c(-c4nc(-c5ccccc5)nc(-c5ccccc5)n4)cccc23)=C2C(C1)c1ccccc1N2c1ccccc1. The van der Waals surface area contributed by atoms with Crippen LogP contribution in [0.1, 0.15) is 23.5 Å². The van der Waals surface area contributed by atoms with Crippen molar-refractivity contribution in [2.24, 2.45) is 0 Å². The molecule has 0 amide bonds. The van der Waals surface area contributed by atoms with Crippen molar-refractivity contribution in [3.8, 4) is 34.2 Å². The molecule has 1 atom stereocenters. The van der Waals surface area contributed by atoms with Gasteiger partial charge in [0.25, 0.3) is 0 Å². The quantitative estimate of drug-likeness (QED) is 0.185. The summed E-state index contributed by atoms with van der Waals surface area (Å²) in [6.45, 7) is 0. The standard InChI is InChI=1S/C45H30N4S/c1-4-14-29(15-5-1)43-46-44(30-16-6-2-7-17-30)48-45(47-43)38-24-13-23-37-35-27-26-31(28-40(35)50-42(37)38)33-21-12-22-36-34-20-10-11-25-39(34)49(41(33)36)32-18-8-3-9-19-32/h1-21,23-28,36H,22H2. The topological polar surface area (TPSA) is 41.9 Å². The van der Waals surface area contributed by atoms with E-state index in [4.69, 9.17) is 15.0 Å². The molecule has 0 spiro atoms. The normalized spacial score (nSPS) is 15.1. The molecule has 236 valence electrons. The van der Waals surface area contributed by atoms with Gasteiger partial charge in [-0.25, -0.2) is 15.0 Å². The van der Waals surface area contributed by atoms with Crippen LogP contribution in [-0.4, -0.2) is 15.0 Å². The lowest BCUT2D eigenvalue weighted by Gasteiger charge is -2.28. The maximum absolute atomic E-state index is 5.07. The number of aromatic nitrogens is 3. The van der Waals surface area contributed by atoms with Gasteiger partial charge >= 0.3 is 0 Å². The largest absolute Gasteiger partial charge is 0.313 e. The van der Waals surface area contributed by atoms with Gasteiger partial charge in [-0.1, -0.05) is 133 Å². The first kappa shape index (κ1) is 28.8. The smallest absolute Gasteiger partial charge is 0.165 e. The van der Waals surface area contributed by atoms with Gasteiger partial charge in [0.1, 0.15) is 0 Å². The highest BCUT2D eigenvalue weighted by molar-refractivity contribution is 7.26. The van der Waals surface area contributed by atoms with Crippen molar-refractivity contribution >= 4 is 48.5 Å². The Kier molecular flexibility index (Phi) is 6.78. The second kappa shape index (κ2) is 11.8. The molecule has 8 aromatic rings. The van der Waals surface area contributed by atoms with E-state index < -0.39 is 0 Å². The van der Waals surface area contributed by atoms with Crippen molar-refractivity contribution in [3.05, 3.63) is 181 Å². The first-order valence-corrected chi connectivity index (χ1v) is 17.8. The summed E-state index contributed by atoms with van der Waals surface area (Å²) in [6.07, 6.45) is 5.67. The van der Waals surface area contributed by atoms with E-state index in [0.717, 1.165) is 23.1 Å². The summed E-state index contributed by atoms with van der Waals surface area (Å²) in [5.74, 6) is 2.34. The summed E-state index contributed by atoms with van der Waals surface area (Å²) in [5.41, 5.74) is 10.7. The first-order valence-electron chi connectivity index (χ1n) is 17.0. The fourth-order valence-electron chi connectivity index (χ4n) is 7.54. The number of fused-ring (bicyclic) bond motifs is 6. The molecule has 0 saturated carbocycles. The van der Waals surface area contributed by atoms with Gasteiger partial charge < -0.3 is 4.90 Å². The predicted molar refractivity (Wildman–Crippen MR) is 207 cm³/mol. The van der Waals surface area contributed by atoms with E-state index in [1.54, 1.807) is 0 Å². The lowest BCUT2D eigenvalue weighted by Crippen LogP contribution is -2.16. The Hall–Kier alpha value is -6.17. The average molecular weight is 659 g/mol. The van der Waals surface area contributed by atoms with E-state index >= 15 is 0 Å².